The van der Waals surface area contributed by atoms with Crippen molar-refractivity contribution in [2.45, 2.75) is 25.3 Å². The van der Waals surface area contributed by atoms with Crippen molar-refractivity contribution in [3.05, 3.63) is 0 Å². The van der Waals surface area contributed by atoms with Crippen LogP contribution >= 0.6 is 0 Å². The zero-order valence-corrected chi connectivity index (χ0v) is 12.7. The van der Waals surface area contributed by atoms with Gasteiger partial charge in [0.25, 0.3) is 0 Å². The number of piperazine rings is 1. The molecule has 0 spiro atoms. The number of nitrogens with zero attached hydrogens (tertiary/aromatic N) is 2. The minimum atomic E-state index is -3.18. The molecule has 2 fully saturated rings. The van der Waals surface area contributed by atoms with Crippen molar-refractivity contribution in [2.24, 2.45) is 5.73 Å². The second-order valence-electron chi connectivity index (χ2n) is 5.47. The summed E-state index contributed by atoms with van der Waals surface area (Å²) in [5.41, 5.74) is 5.13. The lowest BCUT2D eigenvalue weighted by molar-refractivity contribution is -0.138. The van der Waals surface area contributed by atoms with Gasteiger partial charge in [0.15, 0.2) is 0 Å². The second kappa shape index (κ2) is 5.97. The van der Waals surface area contributed by atoms with Crippen LogP contribution in [0.15, 0.2) is 0 Å². The normalized spacial score (nSPS) is 28.8. The van der Waals surface area contributed by atoms with Crippen molar-refractivity contribution in [3.63, 3.8) is 0 Å². The number of hydrogen-bond acceptors (Lipinski definition) is 5. The van der Waals surface area contributed by atoms with Gasteiger partial charge >= 0.3 is 0 Å². The highest BCUT2D eigenvalue weighted by Crippen LogP contribution is 2.20. The first-order valence-corrected chi connectivity index (χ1v) is 8.64. The highest BCUT2D eigenvalue weighted by Gasteiger charge is 2.42. The van der Waals surface area contributed by atoms with E-state index in [9.17, 15) is 13.2 Å². The van der Waals surface area contributed by atoms with Crippen molar-refractivity contribution >= 4 is 15.9 Å². The van der Waals surface area contributed by atoms with Gasteiger partial charge in [-0.15, -0.1) is 0 Å². The lowest BCUT2D eigenvalue weighted by atomic mass is 9.98. The average Bonchev–Trinajstić information content (AvgIpc) is 2.86. The molecule has 0 bridgehead atoms. The van der Waals surface area contributed by atoms with Crippen molar-refractivity contribution < 1.29 is 17.9 Å². The Morgan fingerprint density at radius 2 is 1.95 bits per heavy atom. The standard InChI is InChI=1S/C12H23N3O4S/c1-2-9-20(17,18)15-6-4-14(5-7-15)11(16)12(13)3-8-19-10-12/h2-10,13H2,1H3. The molecule has 2 aliphatic heterocycles. The van der Waals surface area contributed by atoms with E-state index in [4.69, 9.17) is 10.5 Å². The molecule has 116 valence electrons. The molecule has 2 saturated heterocycles. The molecule has 0 aromatic rings. The number of ether oxygens (including phenoxy) is 1. The molecular formula is C12H23N3O4S. The van der Waals surface area contributed by atoms with Gasteiger partial charge in [-0.1, -0.05) is 6.92 Å². The third-order valence-electron chi connectivity index (χ3n) is 3.86. The van der Waals surface area contributed by atoms with E-state index in [2.05, 4.69) is 0 Å². The number of carbonyl (C=O) groups excluding carboxylic acids is 1. The first-order valence-electron chi connectivity index (χ1n) is 7.03. The molecule has 8 heteroatoms. The minimum absolute atomic E-state index is 0.123. The van der Waals surface area contributed by atoms with Crippen LogP contribution in [0.25, 0.3) is 0 Å². The molecule has 2 heterocycles. The average molecular weight is 305 g/mol. The van der Waals surface area contributed by atoms with E-state index in [0.717, 1.165) is 0 Å². The van der Waals surface area contributed by atoms with Crippen LogP contribution in [0, 0.1) is 0 Å². The van der Waals surface area contributed by atoms with Gasteiger partial charge in [-0.25, -0.2) is 8.42 Å². The zero-order chi connectivity index (χ0) is 14.8. The van der Waals surface area contributed by atoms with Crippen LogP contribution in [0.3, 0.4) is 0 Å². The lowest BCUT2D eigenvalue weighted by Gasteiger charge is -2.37. The third kappa shape index (κ3) is 3.13. The Kier molecular flexibility index (Phi) is 4.68. The van der Waals surface area contributed by atoms with Crippen molar-refractivity contribution in [1.82, 2.24) is 9.21 Å². The van der Waals surface area contributed by atoms with Crippen LogP contribution in [0.2, 0.25) is 0 Å². The molecule has 1 unspecified atom stereocenters. The summed E-state index contributed by atoms with van der Waals surface area (Å²) < 4.78 is 30.6. The fourth-order valence-corrected chi connectivity index (χ4v) is 4.11. The maximum atomic E-state index is 12.4. The minimum Gasteiger partial charge on any atom is -0.379 e. The number of carbonyl (C=O) groups is 1. The number of amides is 1. The van der Waals surface area contributed by atoms with Gasteiger partial charge in [0, 0.05) is 32.8 Å². The predicted octanol–water partition coefficient (Wildman–Crippen LogP) is -1.01. The van der Waals surface area contributed by atoms with Crippen molar-refractivity contribution in [1.29, 1.82) is 0 Å². The van der Waals surface area contributed by atoms with Crippen LogP contribution in [0.4, 0.5) is 0 Å². The van der Waals surface area contributed by atoms with Crippen LogP contribution < -0.4 is 5.73 Å². The summed E-state index contributed by atoms with van der Waals surface area (Å²) in [6, 6.07) is 0. The Morgan fingerprint density at radius 3 is 2.45 bits per heavy atom. The summed E-state index contributed by atoms with van der Waals surface area (Å²) in [7, 11) is -3.18. The van der Waals surface area contributed by atoms with Crippen molar-refractivity contribution in [3.8, 4) is 0 Å². The van der Waals surface area contributed by atoms with Gasteiger partial charge in [-0.2, -0.15) is 4.31 Å². The van der Waals surface area contributed by atoms with E-state index in [0.29, 0.717) is 45.6 Å². The van der Waals surface area contributed by atoms with Crippen LogP contribution in [-0.2, 0) is 19.6 Å². The molecule has 1 atom stereocenters. The Hall–Kier alpha value is -0.700. The van der Waals surface area contributed by atoms with E-state index >= 15 is 0 Å². The Labute approximate surface area is 120 Å². The van der Waals surface area contributed by atoms with E-state index in [-0.39, 0.29) is 18.3 Å². The summed E-state index contributed by atoms with van der Waals surface area (Å²) in [6.45, 7) is 4.11. The van der Waals surface area contributed by atoms with Gasteiger partial charge in [0.05, 0.1) is 12.4 Å². The smallest absolute Gasteiger partial charge is 0.245 e. The maximum absolute atomic E-state index is 12.4. The molecule has 0 radical (unpaired) electrons. The zero-order valence-electron chi connectivity index (χ0n) is 11.9. The fraction of sp³-hybridized carbons (Fsp3) is 0.917. The number of sulfonamides is 1. The SMILES string of the molecule is CCCS(=O)(=O)N1CCN(C(=O)C2(N)CCOC2)CC1. The molecule has 2 rings (SSSR count). The van der Waals surface area contributed by atoms with Crippen LogP contribution in [-0.4, -0.2) is 74.2 Å². The summed E-state index contributed by atoms with van der Waals surface area (Å²) in [6.07, 6.45) is 1.13. The molecule has 0 aromatic carbocycles. The molecule has 7 nitrogen and oxygen atoms in total. The van der Waals surface area contributed by atoms with Gasteiger partial charge < -0.3 is 15.4 Å². The molecule has 0 saturated carbocycles. The van der Waals surface area contributed by atoms with Gasteiger partial charge in [-0.05, 0) is 12.8 Å². The summed E-state index contributed by atoms with van der Waals surface area (Å²) in [5, 5.41) is 0. The molecule has 0 aliphatic carbocycles. The maximum Gasteiger partial charge on any atom is 0.245 e. The summed E-state index contributed by atoms with van der Waals surface area (Å²) in [4.78, 5) is 14.0. The summed E-state index contributed by atoms with van der Waals surface area (Å²) >= 11 is 0. The van der Waals surface area contributed by atoms with E-state index < -0.39 is 15.6 Å². The molecule has 1 amide bonds. The highest BCUT2D eigenvalue weighted by atomic mass is 32.2. The molecule has 2 N–H and O–H groups in total. The second-order valence-corrected chi connectivity index (χ2v) is 7.55. The lowest BCUT2D eigenvalue weighted by Crippen LogP contribution is -2.60. The van der Waals surface area contributed by atoms with Crippen molar-refractivity contribution in [2.75, 3.05) is 45.1 Å². The van der Waals surface area contributed by atoms with E-state index in [1.165, 1.54) is 4.31 Å². The topological polar surface area (TPSA) is 92.9 Å². The molecule has 2 aliphatic rings. The molecule has 20 heavy (non-hydrogen) atoms. The molecule has 0 aromatic heterocycles. The first kappa shape index (κ1) is 15.7. The third-order valence-corrected chi connectivity index (χ3v) is 5.94. The number of nitrogens with two attached hydrogens (primary N) is 1. The van der Waals surface area contributed by atoms with Gasteiger partial charge in [0.2, 0.25) is 15.9 Å². The highest BCUT2D eigenvalue weighted by molar-refractivity contribution is 7.89. The predicted molar refractivity (Wildman–Crippen MR) is 74.6 cm³/mol. The Morgan fingerprint density at radius 1 is 1.30 bits per heavy atom. The van der Waals surface area contributed by atoms with E-state index in [1.807, 2.05) is 6.92 Å². The van der Waals surface area contributed by atoms with Gasteiger partial charge in [-0.3, -0.25) is 4.79 Å². The quantitative estimate of drug-likeness (QED) is 0.718. The van der Waals surface area contributed by atoms with Gasteiger partial charge in [0.1, 0.15) is 5.54 Å². The van der Waals surface area contributed by atoms with E-state index in [1.54, 1.807) is 4.90 Å². The molecular weight excluding hydrogens is 282 g/mol. The largest absolute Gasteiger partial charge is 0.379 e. The first-order chi connectivity index (χ1) is 9.39. The van der Waals surface area contributed by atoms with Crippen LogP contribution in [0.5, 0.6) is 0 Å². The summed E-state index contributed by atoms with van der Waals surface area (Å²) in [5.74, 6) is 0.0397. The number of hydrogen-bond donors (Lipinski definition) is 1. The number of rotatable bonds is 4. The van der Waals surface area contributed by atoms with Crippen LogP contribution in [0.1, 0.15) is 19.8 Å². The Bertz CT molecular complexity index is 451. The monoisotopic (exact) mass is 305 g/mol. The Balaban J connectivity index is 1.93. The fourth-order valence-electron chi connectivity index (χ4n) is 2.62.